The minimum Gasteiger partial charge on any atom is -0.481 e. The summed E-state index contributed by atoms with van der Waals surface area (Å²) in [6.45, 7) is 2.75. The summed E-state index contributed by atoms with van der Waals surface area (Å²) in [5.74, 6) is 0.778. The average Bonchev–Trinajstić information content (AvgIpc) is 3.09. The number of hydrogen-bond acceptors (Lipinski definition) is 5. The zero-order valence-electron chi connectivity index (χ0n) is 12.2. The molecule has 0 spiro atoms. The largest absolute Gasteiger partial charge is 0.481 e. The van der Waals surface area contributed by atoms with Crippen molar-refractivity contribution < 1.29 is 19.0 Å². The number of piperidine rings is 1. The van der Waals surface area contributed by atoms with Crippen LogP contribution < -0.4 is 4.74 Å². The van der Waals surface area contributed by atoms with E-state index in [1.54, 1.807) is 25.4 Å². The zero-order chi connectivity index (χ0) is 14.7. The van der Waals surface area contributed by atoms with E-state index in [9.17, 15) is 4.79 Å². The van der Waals surface area contributed by atoms with Crippen LogP contribution in [0.25, 0.3) is 0 Å². The van der Waals surface area contributed by atoms with Crippen molar-refractivity contribution in [3.8, 4) is 5.88 Å². The third-order valence-electron chi connectivity index (χ3n) is 3.97. The van der Waals surface area contributed by atoms with Crippen molar-refractivity contribution in [3.05, 3.63) is 23.9 Å². The second-order valence-corrected chi connectivity index (χ2v) is 5.35. The molecular formula is C15H20N2O4. The summed E-state index contributed by atoms with van der Waals surface area (Å²) in [4.78, 5) is 18.5. The van der Waals surface area contributed by atoms with E-state index in [4.69, 9.17) is 14.2 Å². The number of ether oxygens (including phenoxy) is 3. The Labute approximate surface area is 124 Å². The smallest absolute Gasteiger partial charge is 0.255 e. The Morgan fingerprint density at radius 1 is 1.38 bits per heavy atom. The van der Waals surface area contributed by atoms with E-state index < -0.39 is 0 Å². The predicted molar refractivity (Wildman–Crippen MR) is 75.1 cm³/mol. The lowest BCUT2D eigenvalue weighted by Crippen LogP contribution is -2.43. The fraction of sp³-hybridized carbons (Fsp3) is 0.600. The van der Waals surface area contributed by atoms with E-state index in [1.165, 1.54) is 0 Å². The molecule has 3 heterocycles. The Morgan fingerprint density at radius 2 is 2.19 bits per heavy atom. The molecule has 0 N–H and O–H groups in total. The maximum atomic E-state index is 12.5. The fourth-order valence-electron chi connectivity index (χ4n) is 2.88. The first-order valence-corrected chi connectivity index (χ1v) is 7.30. The van der Waals surface area contributed by atoms with Crippen molar-refractivity contribution in [3.63, 3.8) is 0 Å². The second kappa shape index (κ2) is 6.41. The van der Waals surface area contributed by atoms with Gasteiger partial charge in [-0.3, -0.25) is 4.79 Å². The van der Waals surface area contributed by atoms with Crippen molar-refractivity contribution in [2.75, 3.05) is 33.4 Å². The standard InChI is InChI=1S/C15H20N2O4/c1-19-13-5-4-11(9-16-13)14(18)17-6-2-3-12(10-17)15-20-7-8-21-15/h4-5,9,12,15H,2-3,6-8,10H2,1H3. The molecule has 6 heteroatoms. The quantitative estimate of drug-likeness (QED) is 0.841. The fourth-order valence-corrected chi connectivity index (χ4v) is 2.88. The van der Waals surface area contributed by atoms with Gasteiger partial charge in [0.25, 0.3) is 5.91 Å². The number of carbonyl (C=O) groups excluding carboxylic acids is 1. The highest BCUT2D eigenvalue weighted by molar-refractivity contribution is 5.94. The van der Waals surface area contributed by atoms with Crippen molar-refractivity contribution in [1.29, 1.82) is 0 Å². The summed E-state index contributed by atoms with van der Waals surface area (Å²) >= 11 is 0. The van der Waals surface area contributed by atoms with E-state index in [-0.39, 0.29) is 18.1 Å². The molecule has 1 unspecified atom stereocenters. The molecule has 0 saturated carbocycles. The molecule has 0 aromatic carbocycles. The Bertz CT molecular complexity index is 485. The number of nitrogens with zero attached hydrogens (tertiary/aromatic N) is 2. The van der Waals surface area contributed by atoms with Crippen LogP contribution in [0.4, 0.5) is 0 Å². The SMILES string of the molecule is COc1ccc(C(=O)N2CCCC(C3OCCO3)C2)cn1. The summed E-state index contributed by atoms with van der Waals surface area (Å²) in [6.07, 6.45) is 3.42. The van der Waals surface area contributed by atoms with Gasteiger partial charge in [-0.25, -0.2) is 4.98 Å². The minimum atomic E-state index is -0.158. The van der Waals surface area contributed by atoms with Gasteiger partial charge in [-0.1, -0.05) is 0 Å². The number of amides is 1. The highest BCUT2D eigenvalue weighted by Gasteiger charge is 2.33. The third-order valence-corrected chi connectivity index (χ3v) is 3.97. The van der Waals surface area contributed by atoms with Gasteiger partial charge in [0.2, 0.25) is 5.88 Å². The van der Waals surface area contributed by atoms with Crippen LogP contribution in [0.2, 0.25) is 0 Å². The summed E-state index contributed by atoms with van der Waals surface area (Å²) in [7, 11) is 1.56. The summed E-state index contributed by atoms with van der Waals surface area (Å²) in [6, 6.07) is 3.46. The van der Waals surface area contributed by atoms with Gasteiger partial charge in [-0.05, 0) is 18.9 Å². The molecule has 1 aromatic rings. The molecule has 2 fully saturated rings. The maximum absolute atomic E-state index is 12.5. The first kappa shape index (κ1) is 14.3. The zero-order valence-corrected chi connectivity index (χ0v) is 12.2. The van der Waals surface area contributed by atoms with Crippen molar-refractivity contribution in [2.45, 2.75) is 19.1 Å². The van der Waals surface area contributed by atoms with Gasteiger partial charge in [0.05, 0.1) is 25.9 Å². The first-order valence-electron chi connectivity index (χ1n) is 7.30. The first-order chi connectivity index (χ1) is 10.3. The monoisotopic (exact) mass is 292 g/mol. The summed E-state index contributed by atoms with van der Waals surface area (Å²) in [5, 5.41) is 0. The maximum Gasteiger partial charge on any atom is 0.255 e. The highest BCUT2D eigenvalue weighted by Crippen LogP contribution is 2.25. The molecule has 114 valence electrons. The molecule has 21 heavy (non-hydrogen) atoms. The average molecular weight is 292 g/mol. The lowest BCUT2D eigenvalue weighted by Gasteiger charge is -2.34. The van der Waals surface area contributed by atoms with Gasteiger partial charge < -0.3 is 19.1 Å². The Hall–Kier alpha value is -1.66. The van der Waals surface area contributed by atoms with Crippen molar-refractivity contribution in [2.24, 2.45) is 5.92 Å². The number of methoxy groups -OCH3 is 1. The topological polar surface area (TPSA) is 60.9 Å². The number of pyridine rings is 1. The highest BCUT2D eigenvalue weighted by atomic mass is 16.7. The normalized spacial score (nSPS) is 23.3. The minimum absolute atomic E-state index is 0.00727. The Balaban J connectivity index is 1.65. The van der Waals surface area contributed by atoms with Crippen molar-refractivity contribution >= 4 is 5.91 Å². The Morgan fingerprint density at radius 3 is 2.86 bits per heavy atom. The molecule has 0 aliphatic carbocycles. The molecule has 2 aliphatic heterocycles. The van der Waals surface area contributed by atoms with Crippen LogP contribution in [0, 0.1) is 5.92 Å². The summed E-state index contributed by atoms with van der Waals surface area (Å²) in [5.41, 5.74) is 0.588. The molecule has 0 radical (unpaired) electrons. The molecular weight excluding hydrogens is 272 g/mol. The van der Waals surface area contributed by atoms with Gasteiger partial charge in [-0.2, -0.15) is 0 Å². The van der Waals surface area contributed by atoms with Gasteiger partial charge in [0.15, 0.2) is 6.29 Å². The molecule has 6 nitrogen and oxygen atoms in total. The van der Waals surface area contributed by atoms with Gasteiger partial charge in [-0.15, -0.1) is 0 Å². The summed E-state index contributed by atoms with van der Waals surface area (Å²) < 4.78 is 16.1. The number of hydrogen-bond donors (Lipinski definition) is 0. The molecule has 2 saturated heterocycles. The number of likely N-dealkylation sites (tertiary alicyclic amines) is 1. The Kier molecular flexibility index (Phi) is 4.36. The lowest BCUT2D eigenvalue weighted by atomic mass is 9.97. The van der Waals surface area contributed by atoms with Gasteiger partial charge in [0, 0.05) is 31.3 Å². The molecule has 2 aliphatic rings. The van der Waals surface area contributed by atoms with Crippen molar-refractivity contribution in [1.82, 2.24) is 9.88 Å². The lowest BCUT2D eigenvalue weighted by molar-refractivity contribution is -0.0969. The molecule has 1 amide bonds. The van der Waals surface area contributed by atoms with Gasteiger partial charge >= 0.3 is 0 Å². The molecule has 1 aromatic heterocycles. The van der Waals surface area contributed by atoms with E-state index in [1.807, 2.05) is 4.90 Å². The molecule has 3 rings (SSSR count). The van der Waals surface area contributed by atoms with Crippen LogP contribution in [0.5, 0.6) is 5.88 Å². The van der Waals surface area contributed by atoms with Crippen LogP contribution in [-0.4, -0.2) is 55.5 Å². The van der Waals surface area contributed by atoms with Gasteiger partial charge in [0.1, 0.15) is 0 Å². The predicted octanol–water partition coefficient (Wildman–Crippen LogP) is 1.32. The molecule has 0 bridgehead atoms. The number of carbonyl (C=O) groups is 1. The van der Waals surface area contributed by atoms with Crippen LogP contribution in [0.15, 0.2) is 18.3 Å². The van der Waals surface area contributed by atoms with Crippen LogP contribution >= 0.6 is 0 Å². The molecule has 1 atom stereocenters. The van der Waals surface area contributed by atoms with Crippen LogP contribution in [0.3, 0.4) is 0 Å². The van der Waals surface area contributed by atoms with E-state index >= 15 is 0 Å². The second-order valence-electron chi connectivity index (χ2n) is 5.35. The van der Waals surface area contributed by atoms with E-state index in [0.717, 1.165) is 19.4 Å². The van der Waals surface area contributed by atoms with Crippen LogP contribution in [0.1, 0.15) is 23.2 Å². The number of rotatable bonds is 3. The van der Waals surface area contributed by atoms with E-state index in [0.29, 0.717) is 31.2 Å². The third kappa shape index (κ3) is 3.16. The number of aromatic nitrogens is 1. The van der Waals surface area contributed by atoms with Crippen LogP contribution in [-0.2, 0) is 9.47 Å². The van der Waals surface area contributed by atoms with E-state index in [2.05, 4.69) is 4.98 Å².